The van der Waals surface area contributed by atoms with Crippen LogP contribution in [0.1, 0.15) is 39.7 Å². The quantitative estimate of drug-likeness (QED) is 0.853. The Hall–Kier alpha value is -1.98. The van der Waals surface area contributed by atoms with Crippen LogP contribution in [-0.4, -0.2) is 20.2 Å². The van der Waals surface area contributed by atoms with Gasteiger partial charge in [-0.1, -0.05) is 13.8 Å². The number of nitrogens with two attached hydrogens (primary N) is 1. The molecule has 0 saturated carbocycles. The lowest BCUT2D eigenvalue weighted by Gasteiger charge is -2.14. The number of nitrogen functional groups attached to an aromatic ring is 1. The average Bonchev–Trinajstić information content (AvgIpc) is 2.88. The lowest BCUT2D eigenvalue weighted by molar-refractivity contribution is 0.406. The first-order valence-electron chi connectivity index (χ1n) is 6.82. The number of aromatic nitrogens is 4. The van der Waals surface area contributed by atoms with Gasteiger partial charge in [0.25, 0.3) is 0 Å². The monoisotopic (exact) mass is 277 g/mol. The van der Waals surface area contributed by atoms with E-state index < -0.39 is 5.82 Å². The maximum absolute atomic E-state index is 13.2. The van der Waals surface area contributed by atoms with E-state index >= 15 is 0 Å². The van der Waals surface area contributed by atoms with E-state index in [-0.39, 0.29) is 11.7 Å². The highest BCUT2D eigenvalue weighted by molar-refractivity contribution is 5.61. The second-order valence-electron chi connectivity index (χ2n) is 5.50. The van der Waals surface area contributed by atoms with Crippen LogP contribution in [0.4, 0.5) is 10.1 Å². The van der Waals surface area contributed by atoms with Crippen LogP contribution in [0.25, 0.3) is 11.4 Å². The Balaban J connectivity index is 2.25. The van der Waals surface area contributed by atoms with Gasteiger partial charge in [-0.2, -0.15) is 0 Å². The third-order valence-corrected chi connectivity index (χ3v) is 3.33. The molecule has 5 nitrogen and oxygen atoms in total. The van der Waals surface area contributed by atoms with Crippen molar-refractivity contribution in [3.8, 4) is 11.4 Å². The molecule has 0 spiro atoms. The molecule has 0 bridgehead atoms. The summed E-state index contributed by atoms with van der Waals surface area (Å²) in [6.07, 6.45) is 2.10. The number of halogens is 1. The van der Waals surface area contributed by atoms with E-state index in [2.05, 4.69) is 36.3 Å². The van der Waals surface area contributed by atoms with Crippen LogP contribution in [0.3, 0.4) is 0 Å². The van der Waals surface area contributed by atoms with Gasteiger partial charge in [0.05, 0.1) is 11.7 Å². The fourth-order valence-corrected chi connectivity index (χ4v) is 2.06. The van der Waals surface area contributed by atoms with Crippen molar-refractivity contribution in [3.05, 3.63) is 24.0 Å². The van der Waals surface area contributed by atoms with Gasteiger partial charge >= 0.3 is 0 Å². The van der Waals surface area contributed by atoms with E-state index in [0.29, 0.717) is 11.7 Å². The van der Waals surface area contributed by atoms with Gasteiger partial charge in [0.2, 0.25) is 0 Å². The Labute approximate surface area is 118 Å². The summed E-state index contributed by atoms with van der Waals surface area (Å²) >= 11 is 0. The molecule has 1 unspecified atom stereocenters. The molecule has 0 amide bonds. The number of rotatable bonds is 5. The highest BCUT2D eigenvalue weighted by atomic mass is 19.1. The first-order valence-corrected chi connectivity index (χ1v) is 6.82. The zero-order valence-corrected chi connectivity index (χ0v) is 12.0. The van der Waals surface area contributed by atoms with Crippen LogP contribution in [0.15, 0.2) is 18.2 Å². The summed E-state index contributed by atoms with van der Waals surface area (Å²) in [5.74, 6) is 0.826. The van der Waals surface area contributed by atoms with Crippen LogP contribution >= 0.6 is 0 Å². The molecule has 0 fully saturated rings. The van der Waals surface area contributed by atoms with Crippen molar-refractivity contribution in [2.24, 2.45) is 5.92 Å². The van der Waals surface area contributed by atoms with E-state index in [4.69, 9.17) is 5.73 Å². The summed E-state index contributed by atoms with van der Waals surface area (Å²) in [5.41, 5.74) is 6.43. The van der Waals surface area contributed by atoms with E-state index in [0.717, 1.165) is 18.4 Å². The van der Waals surface area contributed by atoms with Crippen molar-refractivity contribution < 1.29 is 4.39 Å². The highest BCUT2D eigenvalue weighted by Crippen LogP contribution is 2.25. The molecule has 108 valence electrons. The van der Waals surface area contributed by atoms with E-state index in [9.17, 15) is 4.39 Å². The smallest absolute Gasteiger partial charge is 0.182 e. The molecule has 0 radical (unpaired) electrons. The molecule has 2 aromatic rings. The van der Waals surface area contributed by atoms with Gasteiger partial charge in [-0.05, 0) is 54.3 Å². The van der Waals surface area contributed by atoms with Crippen molar-refractivity contribution in [1.82, 2.24) is 20.2 Å². The summed E-state index contributed by atoms with van der Waals surface area (Å²) < 4.78 is 15.0. The number of hydrogen-bond acceptors (Lipinski definition) is 4. The van der Waals surface area contributed by atoms with Crippen LogP contribution in [-0.2, 0) is 0 Å². The van der Waals surface area contributed by atoms with Crippen molar-refractivity contribution in [3.63, 3.8) is 0 Å². The predicted octanol–water partition coefficient (Wildman–Crippen LogP) is 3.06. The van der Waals surface area contributed by atoms with Crippen molar-refractivity contribution in [2.75, 3.05) is 5.73 Å². The molecule has 0 aliphatic heterocycles. The molecule has 1 heterocycles. The van der Waals surface area contributed by atoms with Gasteiger partial charge in [-0.3, -0.25) is 0 Å². The minimum absolute atomic E-state index is 0.104. The molecule has 0 aliphatic carbocycles. The molecule has 6 heteroatoms. The zero-order valence-electron chi connectivity index (χ0n) is 12.0. The molecule has 20 heavy (non-hydrogen) atoms. The molecule has 0 saturated heterocycles. The van der Waals surface area contributed by atoms with E-state index in [1.54, 1.807) is 16.8 Å². The van der Waals surface area contributed by atoms with Gasteiger partial charge in [0.15, 0.2) is 5.82 Å². The maximum atomic E-state index is 13.2. The molecule has 2 N–H and O–H groups in total. The lowest BCUT2D eigenvalue weighted by Crippen LogP contribution is -2.10. The maximum Gasteiger partial charge on any atom is 0.182 e. The first-order chi connectivity index (χ1) is 9.49. The minimum Gasteiger partial charge on any atom is -0.396 e. The Morgan fingerprint density at radius 2 is 2.00 bits per heavy atom. The van der Waals surface area contributed by atoms with Gasteiger partial charge in [-0.25, -0.2) is 9.07 Å². The van der Waals surface area contributed by atoms with Crippen LogP contribution in [0.5, 0.6) is 0 Å². The summed E-state index contributed by atoms with van der Waals surface area (Å²) in [7, 11) is 0. The Morgan fingerprint density at radius 3 is 2.65 bits per heavy atom. The van der Waals surface area contributed by atoms with Crippen molar-refractivity contribution >= 4 is 5.69 Å². The van der Waals surface area contributed by atoms with Crippen molar-refractivity contribution in [2.45, 2.75) is 39.7 Å². The molecule has 1 aromatic heterocycles. The number of anilines is 1. The topological polar surface area (TPSA) is 69.6 Å². The highest BCUT2D eigenvalue weighted by Gasteiger charge is 2.15. The van der Waals surface area contributed by atoms with Gasteiger partial charge in [0.1, 0.15) is 5.82 Å². The van der Waals surface area contributed by atoms with E-state index in [1.165, 1.54) is 6.07 Å². The fraction of sp³-hybridized carbons (Fsp3) is 0.500. The zero-order chi connectivity index (χ0) is 14.7. The minimum atomic E-state index is -0.430. The molecular formula is C14H20FN5. The van der Waals surface area contributed by atoms with Crippen LogP contribution < -0.4 is 5.73 Å². The molecule has 2 rings (SSSR count). The SMILES string of the molecule is CC(C)CCC(C)n1nnnc1-c1ccc(F)c(N)c1. The van der Waals surface area contributed by atoms with Gasteiger partial charge in [-0.15, -0.1) is 5.10 Å². The Kier molecular flexibility index (Phi) is 4.32. The van der Waals surface area contributed by atoms with Crippen molar-refractivity contribution in [1.29, 1.82) is 0 Å². The number of nitrogens with zero attached hydrogens (tertiary/aromatic N) is 4. The normalized spacial score (nSPS) is 12.8. The lowest BCUT2D eigenvalue weighted by atomic mass is 10.0. The van der Waals surface area contributed by atoms with Crippen LogP contribution in [0, 0.1) is 11.7 Å². The fourth-order valence-electron chi connectivity index (χ4n) is 2.06. The number of hydrogen-bond donors (Lipinski definition) is 1. The van der Waals surface area contributed by atoms with Gasteiger partial charge < -0.3 is 5.73 Å². The molecule has 0 aliphatic rings. The standard InChI is InChI=1S/C14H20FN5/c1-9(2)4-5-10(3)20-14(17-18-19-20)11-6-7-12(15)13(16)8-11/h6-10H,4-5,16H2,1-3H3. The molecular weight excluding hydrogens is 257 g/mol. The molecule has 1 atom stereocenters. The second kappa shape index (κ2) is 5.98. The van der Waals surface area contributed by atoms with E-state index in [1.807, 2.05) is 0 Å². The molecule has 1 aromatic carbocycles. The first kappa shape index (κ1) is 14.4. The number of benzene rings is 1. The third kappa shape index (κ3) is 3.12. The number of tetrazole rings is 1. The predicted molar refractivity (Wildman–Crippen MR) is 76.4 cm³/mol. The van der Waals surface area contributed by atoms with Gasteiger partial charge in [0, 0.05) is 5.56 Å². The Bertz CT molecular complexity index is 579. The average molecular weight is 277 g/mol. The Morgan fingerprint density at radius 1 is 1.25 bits per heavy atom. The summed E-state index contributed by atoms with van der Waals surface area (Å²) in [5, 5.41) is 11.8. The summed E-state index contributed by atoms with van der Waals surface area (Å²) in [6.45, 7) is 6.46. The second-order valence-corrected chi connectivity index (χ2v) is 5.50. The largest absolute Gasteiger partial charge is 0.396 e. The van der Waals surface area contributed by atoms with Crippen LogP contribution in [0.2, 0.25) is 0 Å². The summed E-state index contributed by atoms with van der Waals surface area (Å²) in [6, 6.07) is 4.73. The third-order valence-electron chi connectivity index (χ3n) is 3.33. The summed E-state index contributed by atoms with van der Waals surface area (Å²) in [4.78, 5) is 0.